The molecule has 2 unspecified atom stereocenters. The number of hydrogen-bond donors (Lipinski definition) is 2. The molecule has 1 aliphatic heterocycles. The molecule has 1 aliphatic rings. The Hall–Kier alpha value is -1.88. The van der Waals surface area contributed by atoms with Crippen LogP contribution in [0, 0.1) is 6.92 Å². The number of aryl methyl sites for hydroxylation is 1. The van der Waals surface area contributed by atoms with Crippen LogP contribution in [0.2, 0.25) is 0 Å². The minimum absolute atomic E-state index is 0.164. The van der Waals surface area contributed by atoms with Gasteiger partial charge in [-0.15, -0.1) is 0 Å². The number of amides is 1. The molecule has 2 N–H and O–H groups in total. The second kappa shape index (κ2) is 5.84. The van der Waals surface area contributed by atoms with Crippen molar-refractivity contribution in [1.82, 2.24) is 5.32 Å². The van der Waals surface area contributed by atoms with Crippen molar-refractivity contribution in [2.24, 2.45) is 0 Å². The van der Waals surface area contributed by atoms with Gasteiger partial charge in [-0.25, -0.2) is 4.79 Å². The summed E-state index contributed by atoms with van der Waals surface area (Å²) in [5.41, 5.74) is 1.69. The van der Waals surface area contributed by atoms with Crippen LogP contribution in [0.4, 0.5) is 0 Å². The highest BCUT2D eigenvalue weighted by molar-refractivity contribution is 5.94. The molecule has 2 atom stereocenters. The summed E-state index contributed by atoms with van der Waals surface area (Å²) in [6, 6.07) is 7.28. The standard InChI is InChI=1S/C14H17NO4/c1-9-2-4-10(5-3-9)13(16)15-8-11-6-7-12(19-11)14(17)18/h2-5,11-12H,6-8H2,1H3,(H,15,16)(H,17,18). The lowest BCUT2D eigenvalue weighted by molar-refractivity contribution is -0.149. The van der Waals surface area contributed by atoms with Crippen LogP contribution in [0.25, 0.3) is 0 Å². The van der Waals surface area contributed by atoms with Crippen LogP contribution in [-0.4, -0.2) is 35.7 Å². The Morgan fingerprint density at radius 3 is 2.58 bits per heavy atom. The number of carboxylic acids is 1. The number of nitrogens with one attached hydrogen (secondary N) is 1. The summed E-state index contributed by atoms with van der Waals surface area (Å²) in [5, 5.41) is 11.6. The summed E-state index contributed by atoms with van der Waals surface area (Å²) >= 11 is 0. The Balaban J connectivity index is 1.81. The quantitative estimate of drug-likeness (QED) is 0.860. The van der Waals surface area contributed by atoms with Crippen molar-refractivity contribution in [1.29, 1.82) is 0 Å². The predicted octanol–water partition coefficient (Wildman–Crippen LogP) is 1.36. The maximum absolute atomic E-state index is 11.8. The van der Waals surface area contributed by atoms with E-state index >= 15 is 0 Å². The van der Waals surface area contributed by atoms with Crippen molar-refractivity contribution in [3.8, 4) is 0 Å². The number of rotatable bonds is 4. The monoisotopic (exact) mass is 263 g/mol. The van der Waals surface area contributed by atoms with Gasteiger partial charge in [0.1, 0.15) is 0 Å². The van der Waals surface area contributed by atoms with E-state index < -0.39 is 12.1 Å². The van der Waals surface area contributed by atoms with Gasteiger partial charge < -0.3 is 15.2 Å². The second-order valence-electron chi connectivity index (χ2n) is 4.74. The third-order valence-electron chi connectivity index (χ3n) is 3.19. The number of carboxylic acid groups (broad SMARTS) is 1. The van der Waals surface area contributed by atoms with E-state index in [4.69, 9.17) is 9.84 Å². The Labute approximate surface area is 111 Å². The molecule has 0 radical (unpaired) electrons. The zero-order chi connectivity index (χ0) is 13.8. The Kier molecular flexibility index (Phi) is 4.16. The van der Waals surface area contributed by atoms with Crippen molar-refractivity contribution in [3.63, 3.8) is 0 Å². The van der Waals surface area contributed by atoms with Crippen LogP contribution in [0.5, 0.6) is 0 Å². The van der Waals surface area contributed by atoms with Gasteiger partial charge >= 0.3 is 5.97 Å². The molecule has 19 heavy (non-hydrogen) atoms. The van der Waals surface area contributed by atoms with Gasteiger partial charge in [0.15, 0.2) is 6.10 Å². The first kappa shape index (κ1) is 13.5. The lowest BCUT2D eigenvalue weighted by atomic mass is 10.1. The highest BCUT2D eigenvalue weighted by Gasteiger charge is 2.30. The maximum atomic E-state index is 11.8. The molecule has 2 rings (SSSR count). The molecule has 1 heterocycles. The van der Waals surface area contributed by atoms with Crippen LogP contribution in [0.3, 0.4) is 0 Å². The van der Waals surface area contributed by atoms with Gasteiger partial charge in [-0.1, -0.05) is 17.7 Å². The van der Waals surface area contributed by atoms with Crippen molar-refractivity contribution >= 4 is 11.9 Å². The van der Waals surface area contributed by atoms with Gasteiger partial charge in [0.25, 0.3) is 5.91 Å². The molecular formula is C14H17NO4. The Bertz CT molecular complexity index is 469. The van der Waals surface area contributed by atoms with Crippen LogP contribution in [0.1, 0.15) is 28.8 Å². The van der Waals surface area contributed by atoms with Crippen LogP contribution < -0.4 is 5.32 Å². The van der Waals surface area contributed by atoms with Crippen LogP contribution in [0.15, 0.2) is 24.3 Å². The SMILES string of the molecule is Cc1ccc(C(=O)NCC2CCC(C(=O)O)O2)cc1. The first-order valence-corrected chi connectivity index (χ1v) is 6.29. The fourth-order valence-electron chi connectivity index (χ4n) is 2.05. The van der Waals surface area contributed by atoms with Gasteiger partial charge in [0, 0.05) is 12.1 Å². The molecule has 0 aromatic heterocycles. The molecular weight excluding hydrogens is 246 g/mol. The van der Waals surface area contributed by atoms with E-state index in [1.807, 2.05) is 19.1 Å². The predicted molar refractivity (Wildman–Crippen MR) is 69.0 cm³/mol. The number of aliphatic carboxylic acids is 1. The largest absolute Gasteiger partial charge is 0.479 e. The average molecular weight is 263 g/mol. The van der Waals surface area contributed by atoms with E-state index in [1.54, 1.807) is 12.1 Å². The summed E-state index contributed by atoms with van der Waals surface area (Å²) in [4.78, 5) is 22.6. The highest BCUT2D eigenvalue weighted by Crippen LogP contribution is 2.19. The molecule has 0 saturated carbocycles. The van der Waals surface area contributed by atoms with Crippen molar-refractivity contribution in [2.45, 2.75) is 32.0 Å². The summed E-state index contributed by atoms with van der Waals surface area (Å²) in [6.07, 6.45) is 0.211. The number of carbonyl (C=O) groups is 2. The molecule has 1 aromatic carbocycles. The fourth-order valence-corrected chi connectivity index (χ4v) is 2.05. The first-order valence-electron chi connectivity index (χ1n) is 6.29. The molecule has 102 valence electrons. The number of ether oxygens (including phenoxy) is 1. The zero-order valence-electron chi connectivity index (χ0n) is 10.8. The van der Waals surface area contributed by atoms with E-state index in [2.05, 4.69) is 5.32 Å². The molecule has 1 fully saturated rings. The summed E-state index contributed by atoms with van der Waals surface area (Å²) in [5.74, 6) is -1.10. The van der Waals surface area contributed by atoms with E-state index in [0.29, 0.717) is 24.9 Å². The number of hydrogen-bond acceptors (Lipinski definition) is 3. The van der Waals surface area contributed by atoms with E-state index in [9.17, 15) is 9.59 Å². The molecule has 0 spiro atoms. The molecule has 1 saturated heterocycles. The molecule has 0 aliphatic carbocycles. The zero-order valence-corrected chi connectivity index (χ0v) is 10.8. The topological polar surface area (TPSA) is 75.6 Å². The molecule has 1 aromatic rings. The van der Waals surface area contributed by atoms with E-state index in [1.165, 1.54) is 0 Å². The van der Waals surface area contributed by atoms with Crippen LogP contribution in [-0.2, 0) is 9.53 Å². The van der Waals surface area contributed by atoms with Gasteiger partial charge in [-0.05, 0) is 31.9 Å². The third-order valence-corrected chi connectivity index (χ3v) is 3.19. The van der Waals surface area contributed by atoms with Gasteiger partial charge in [-0.3, -0.25) is 4.79 Å². The second-order valence-corrected chi connectivity index (χ2v) is 4.74. The highest BCUT2D eigenvalue weighted by atomic mass is 16.5. The fraction of sp³-hybridized carbons (Fsp3) is 0.429. The van der Waals surface area contributed by atoms with E-state index in [0.717, 1.165) is 5.56 Å². The number of benzene rings is 1. The molecule has 5 heteroatoms. The molecule has 1 amide bonds. The average Bonchev–Trinajstić information content (AvgIpc) is 2.86. The lowest BCUT2D eigenvalue weighted by Crippen LogP contribution is -2.33. The van der Waals surface area contributed by atoms with Crippen molar-refractivity contribution in [3.05, 3.63) is 35.4 Å². The Morgan fingerprint density at radius 1 is 1.32 bits per heavy atom. The first-order chi connectivity index (χ1) is 9.06. The van der Waals surface area contributed by atoms with Crippen molar-refractivity contribution in [2.75, 3.05) is 6.54 Å². The smallest absolute Gasteiger partial charge is 0.332 e. The van der Waals surface area contributed by atoms with Gasteiger partial charge in [0.2, 0.25) is 0 Å². The normalized spacial score (nSPS) is 22.2. The van der Waals surface area contributed by atoms with Gasteiger partial charge in [0.05, 0.1) is 6.10 Å². The van der Waals surface area contributed by atoms with E-state index in [-0.39, 0.29) is 12.0 Å². The van der Waals surface area contributed by atoms with Crippen molar-refractivity contribution < 1.29 is 19.4 Å². The molecule has 5 nitrogen and oxygen atoms in total. The lowest BCUT2D eigenvalue weighted by Gasteiger charge is -2.12. The maximum Gasteiger partial charge on any atom is 0.332 e. The minimum atomic E-state index is -0.938. The molecule has 0 bridgehead atoms. The Morgan fingerprint density at radius 2 is 2.00 bits per heavy atom. The minimum Gasteiger partial charge on any atom is -0.479 e. The number of carbonyl (C=O) groups excluding carboxylic acids is 1. The summed E-state index contributed by atoms with van der Waals surface area (Å²) < 4.78 is 5.31. The summed E-state index contributed by atoms with van der Waals surface area (Å²) in [7, 11) is 0. The summed E-state index contributed by atoms with van der Waals surface area (Å²) in [6.45, 7) is 2.30. The third kappa shape index (κ3) is 3.54. The van der Waals surface area contributed by atoms with Crippen LogP contribution >= 0.6 is 0 Å². The van der Waals surface area contributed by atoms with Gasteiger partial charge in [-0.2, -0.15) is 0 Å².